The molecule has 1 aromatic carbocycles. The van der Waals surface area contributed by atoms with Gasteiger partial charge in [-0.25, -0.2) is 4.39 Å². The molecular weight excluding hydrogens is 285 g/mol. The van der Waals surface area contributed by atoms with Crippen molar-refractivity contribution in [1.82, 2.24) is 15.5 Å². The quantitative estimate of drug-likeness (QED) is 0.905. The summed E-state index contributed by atoms with van der Waals surface area (Å²) in [5.41, 5.74) is 0.721. The van der Waals surface area contributed by atoms with E-state index in [9.17, 15) is 4.39 Å². The van der Waals surface area contributed by atoms with Crippen LogP contribution in [-0.4, -0.2) is 16.7 Å². The molecule has 0 saturated heterocycles. The zero-order valence-corrected chi connectivity index (χ0v) is 12.4. The zero-order valence-electron chi connectivity index (χ0n) is 10.8. The SMILES string of the molecule is CCNC(CC)c1nnc(-c2ccc(F)cc2Cl)s1. The van der Waals surface area contributed by atoms with Crippen molar-refractivity contribution in [3.05, 3.63) is 34.0 Å². The molecule has 2 rings (SSSR count). The molecule has 3 nitrogen and oxygen atoms in total. The largest absolute Gasteiger partial charge is 0.308 e. The van der Waals surface area contributed by atoms with Crippen LogP contribution in [0.15, 0.2) is 18.2 Å². The van der Waals surface area contributed by atoms with Crippen molar-refractivity contribution in [2.45, 2.75) is 26.3 Å². The van der Waals surface area contributed by atoms with Gasteiger partial charge in [-0.3, -0.25) is 0 Å². The lowest BCUT2D eigenvalue weighted by molar-refractivity contribution is 0.531. The van der Waals surface area contributed by atoms with Gasteiger partial charge in [-0.05, 0) is 31.2 Å². The third kappa shape index (κ3) is 3.29. The average Bonchev–Trinajstić information content (AvgIpc) is 2.85. The predicted octanol–water partition coefficient (Wildman–Crippen LogP) is 4.06. The lowest BCUT2D eigenvalue weighted by Gasteiger charge is -2.10. The van der Waals surface area contributed by atoms with E-state index in [1.807, 2.05) is 0 Å². The van der Waals surface area contributed by atoms with Crippen molar-refractivity contribution in [1.29, 1.82) is 0 Å². The highest BCUT2D eigenvalue weighted by molar-refractivity contribution is 7.14. The number of rotatable bonds is 5. The molecule has 1 unspecified atom stereocenters. The lowest BCUT2D eigenvalue weighted by atomic mass is 10.2. The molecule has 0 aliphatic heterocycles. The molecule has 2 aromatic rings. The number of nitrogens with one attached hydrogen (secondary N) is 1. The van der Waals surface area contributed by atoms with Crippen LogP contribution in [0.1, 0.15) is 31.3 Å². The van der Waals surface area contributed by atoms with Crippen LogP contribution in [0.4, 0.5) is 4.39 Å². The Kier molecular flexibility index (Phi) is 4.85. The molecule has 19 heavy (non-hydrogen) atoms. The van der Waals surface area contributed by atoms with Gasteiger partial charge in [0.2, 0.25) is 0 Å². The van der Waals surface area contributed by atoms with Gasteiger partial charge in [-0.15, -0.1) is 10.2 Å². The van der Waals surface area contributed by atoms with E-state index >= 15 is 0 Å². The number of hydrogen-bond acceptors (Lipinski definition) is 4. The van der Waals surface area contributed by atoms with Gasteiger partial charge >= 0.3 is 0 Å². The van der Waals surface area contributed by atoms with Gasteiger partial charge in [0.25, 0.3) is 0 Å². The summed E-state index contributed by atoms with van der Waals surface area (Å²) in [6.45, 7) is 5.03. The molecule has 0 amide bonds. The summed E-state index contributed by atoms with van der Waals surface area (Å²) in [5, 5.41) is 13.7. The third-order valence-corrected chi connectivity index (χ3v) is 4.14. The summed E-state index contributed by atoms with van der Waals surface area (Å²) in [5.74, 6) is -0.349. The van der Waals surface area contributed by atoms with Gasteiger partial charge in [0.05, 0.1) is 11.1 Å². The molecular formula is C13H15ClFN3S. The Labute approximate surface area is 120 Å². The van der Waals surface area contributed by atoms with E-state index in [2.05, 4.69) is 29.4 Å². The summed E-state index contributed by atoms with van der Waals surface area (Å²) in [7, 11) is 0. The van der Waals surface area contributed by atoms with E-state index in [0.29, 0.717) is 5.02 Å². The van der Waals surface area contributed by atoms with Crippen LogP contribution in [0, 0.1) is 5.82 Å². The standard InChI is InChI=1S/C13H15ClFN3S/c1-3-11(16-4-2)13-18-17-12(19-13)9-6-5-8(15)7-10(9)14/h5-7,11,16H,3-4H2,1-2H3. The van der Waals surface area contributed by atoms with Crippen LogP contribution < -0.4 is 5.32 Å². The number of benzene rings is 1. The van der Waals surface area contributed by atoms with E-state index < -0.39 is 0 Å². The Balaban J connectivity index is 2.29. The van der Waals surface area contributed by atoms with Gasteiger partial charge in [0, 0.05) is 5.56 Å². The van der Waals surface area contributed by atoms with E-state index in [1.165, 1.54) is 23.5 Å². The Morgan fingerprint density at radius 1 is 1.37 bits per heavy atom. The van der Waals surface area contributed by atoms with Gasteiger partial charge in [-0.1, -0.05) is 36.8 Å². The van der Waals surface area contributed by atoms with Crippen LogP contribution >= 0.6 is 22.9 Å². The van der Waals surface area contributed by atoms with Gasteiger partial charge in [-0.2, -0.15) is 0 Å². The van der Waals surface area contributed by atoms with Crippen LogP contribution in [0.5, 0.6) is 0 Å². The first-order valence-electron chi connectivity index (χ1n) is 6.17. The number of aromatic nitrogens is 2. The van der Waals surface area contributed by atoms with Crippen molar-refractivity contribution >= 4 is 22.9 Å². The highest BCUT2D eigenvalue weighted by Gasteiger charge is 2.16. The minimum Gasteiger partial charge on any atom is -0.308 e. The van der Waals surface area contributed by atoms with Gasteiger partial charge < -0.3 is 5.32 Å². The molecule has 0 aliphatic carbocycles. The molecule has 0 fully saturated rings. The highest BCUT2D eigenvalue weighted by Crippen LogP contribution is 2.32. The average molecular weight is 300 g/mol. The molecule has 1 atom stereocenters. The Bertz CT molecular complexity index is 559. The fourth-order valence-electron chi connectivity index (χ4n) is 1.80. The Hall–Kier alpha value is -1.04. The topological polar surface area (TPSA) is 37.8 Å². The normalized spacial score (nSPS) is 12.6. The van der Waals surface area contributed by atoms with Crippen molar-refractivity contribution in [2.75, 3.05) is 6.54 Å². The smallest absolute Gasteiger partial charge is 0.149 e. The van der Waals surface area contributed by atoms with Gasteiger partial charge in [0.1, 0.15) is 15.8 Å². The minimum atomic E-state index is -0.349. The maximum absolute atomic E-state index is 13.0. The first-order chi connectivity index (χ1) is 9.15. The molecule has 102 valence electrons. The van der Waals surface area contributed by atoms with E-state index in [-0.39, 0.29) is 11.9 Å². The molecule has 0 aliphatic rings. The molecule has 6 heteroatoms. The second kappa shape index (κ2) is 6.41. The first kappa shape index (κ1) is 14.4. The molecule has 0 spiro atoms. The Morgan fingerprint density at radius 3 is 2.79 bits per heavy atom. The number of halogens is 2. The van der Waals surface area contributed by atoms with Crippen LogP contribution in [-0.2, 0) is 0 Å². The summed E-state index contributed by atoms with van der Waals surface area (Å²) >= 11 is 7.52. The minimum absolute atomic E-state index is 0.204. The van der Waals surface area contributed by atoms with Crippen molar-refractivity contribution in [3.8, 4) is 10.6 Å². The molecule has 0 bridgehead atoms. The third-order valence-electron chi connectivity index (χ3n) is 2.76. The van der Waals surface area contributed by atoms with Crippen molar-refractivity contribution < 1.29 is 4.39 Å². The number of hydrogen-bond donors (Lipinski definition) is 1. The monoisotopic (exact) mass is 299 g/mol. The number of nitrogens with zero attached hydrogens (tertiary/aromatic N) is 2. The summed E-state index contributed by atoms with van der Waals surface area (Å²) in [6, 6.07) is 4.51. The molecule has 0 saturated carbocycles. The summed E-state index contributed by atoms with van der Waals surface area (Å²) in [6.07, 6.45) is 0.944. The fraction of sp³-hybridized carbons (Fsp3) is 0.385. The lowest BCUT2D eigenvalue weighted by Crippen LogP contribution is -2.19. The van der Waals surface area contributed by atoms with Crippen LogP contribution in [0.25, 0.3) is 10.6 Å². The summed E-state index contributed by atoms with van der Waals surface area (Å²) in [4.78, 5) is 0. The van der Waals surface area contributed by atoms with Crippen molar-refractivity contribution in [2.24, 2.45) is 0 Å². The van der Waals surface area contributed by atoms with E-state index in [0.717, 1.165) is 28.5 Å². The first-order valence-corrected chi connectivity index (χ1v) is 7.37. The molecule has 1 heterocycles. The van der Waals surface area contributed by atoms with E-state index in [1.54, 1.807) is 6.07 Å². The second-order valence-corrected chi connectivity index (χ2v) is 5.50. The zero-order chi connectivity index (χ0) is 13.8. The Morgan fingerprint density at radius 2 is 2.16 bits per heavy atom. The maximum Gasteiger partial charge on any atom is 0.149 e. The van der Waals surface area contributed by atoms with Gasteiger partial charge in [0.15, 0.2) is 0 Å². The maximum atomic E-state index is 13.0. The second-order valence-electron chi connectivity index (χ2n) is 4.09. The fourth-order valence-corrected chi connectivity index (χ4v) is 3.15. The summed E-state index contributed by atoms with van der Waals surface area (Å²) < 4.78 is 13.0. The van der Waals surface area contributed by atoms with Crippen molar-refractivity contribution in [3.63, 3.8) is 0 Å². The van der Waals surface area contributed by atoms with Crippen LogP contribution in [0.2, 0.25) is 5.02 Å². The predicted molar refractivity (Wildman–Crippen MR) is 77.0 cm³/mol. The van der Waals surface area contributed by atoms with Crippen LogP contribution in [0.3, 0.4) is 0 Å². The highest BCUT2D eigenvalue weighted by atomic mass is 35.5. The molecule has 0 radical (unpaired) electrons. The van der Waals surface area contributed by atoms with E-state index in [4.69, 9.17) is 11.6 Å². The molecule has 1 aromatic heterocycles. The molecule has 1 N–H and O–H groups in total.